The van der Waals surface area contributed by atoms with Crippen LogP contribution >= 0.6 is 0 Å². The molecule has 2 atom stereocenters. The van der Waals surface area contributed by atoms with Crippen molar-refractivity contribution in [2.24, 2.45) is 5.92 Å². The molecule has 0 radical (unpaired) electrons. The van der Waals surface area contributed by atoms with E-state index >= 15 is 0 Å². The number of fused-ring (bicyclic) bond motifs is 4. The lowest BCUT2D eigenvalue weighted by Crippen LogP contribution is -2.43. The first-order valence-electron chi connectivity index (χ1n) is 9.12. The molecular weight excluding hydrogens is 318 g/mol. The number of halogens is 2. The van der Waals surface area contributed by atoms with Crippen molar-refractivity contribution in [3.63, 3.8) is 0 Å². The van der Waals surface area contributed by atoms with Crippen LogP contribution in [0.3, 0.4) is 0 Å². The highest BCUT2D eigenvalue weighted by Gasteiger charge is 2.34. The molecule has 0 aromatic heterocycles. The van der Waals surface area contributed by atoms with Crippen molar-refractivity contribution < 1.29 is 8.78 Å². The molecule has 2 aromatic carbocycles. The molecule has 0 saturated carbocycles. The Kier molecular flexibility index (Phi) is 4.82. The van der Waals surface area contributed by atoms with E-state index in [1.54, 1.807) is 12.1 Å². The molecule has 2 aromatic rings. The zero-order valence-corrected chi connectivity index (χ0v) is 14.4. The molecule has 0 unspecified atom stereocenters. The van der Waals surface area contributed by atoms with Gasteiger partial charge in [0.05, 0.1) is 0 Å². The Morgan fingerprint density at radius 2 is 1.68 bits per heavy atom. The van der Waals surface area contributed by atoms with Crippen LogP contribution in [-0.4, -0.2) is 35.5 Å². The van der Waals surface area contributed by atoms with E-state index in [0.29, 0.717) is 24.1 Å². The third kappa shape index (κ3) is 3.75. The van der Waals surface area contributed by atoms with Crippen LogP contribution in [0.15, 0.2) is 48.5 Å². The molecule has 0 spiro atoms. The smallest absolute Gasteiger partial charge is 0.163 e. The summed E-state index contributed by atoms with van der Waals surface area (Å²) in [6.45, 7) is 4.47. The molecule has 0 amide bonds. The average molecular weight is 342 g/mol. The fraction of sp³-hybridized carbons (Fsp3) is 0.429. The quantitative estimate of drug-likeness (QED) is 0.827. The maximum absolute atomic E-state index is 14.0. The lowest BCUT2D eigenvalue weighted by Gasteiger charge is -2.36. The van der Waals surface area contributed by atoms with Crippen LogP contribution in [0, 0.1) is 17.6 Å². The third-order valence-electron chi connectivity index (χ3n) is 5.56. The van der Waals surface area contributed by atoms with Crippen molar-refractivity contribution in [2.45, 2.75) is 32.0 Å². The molecule has 132 valence electrons. The van der Waals surface area contributed by atoms with Crippen LogP contribution in [0.25, 0.3) is 0 Å². The number of hydrogen-bond acceptors (Lipinski definition) is 2. The van der Waals surface area contributed by atoms with E-state index in [-0.39, 0.29) is 0 Å². The van der Waals surface area contributed by atoms with Crippen LogP contribution in [0.1, 0.15) is 24.0 Å². The van der Waals surface area contributed by atoms with Gasteiger partial charge in [0.15, 0.2) is 11.6 Å². The molecule has 4 heteroatoms. The minimum atomic E-state index is -0.749. The van der Waals surface area contributed by atoms with E-state index in [1.165, 1.54) is 24.5 Å². The maximum Gasteiger partial charge on any atom is 0.163 e. The van der Waals surface area contributed by atoms with Crippen molar-refractivity contribution in [3.8, 4) is 0 Å². The number of rotatable bonds is 4. The minimum Gasteiger partial charge on any atom is -0.297 e. The first-order valence-corrected chi connectivity index (χ1v) is 9.12. The molecule has 3 heterocycles. The summed E-state index contributed by atoms with van der Waals surface area (Å²) in [6, 6.07) is 15.6. The Labute approximate surface area is 148 Å². The van der Waals surface area contributed by atoms with E-state index < -0.39 is 11.6 Å². The number of benzene rings is 2. The van der Waals surface area contributed by atoms with Gasteiger partial charge in [-0.1, -0.05) is 42.5 Å². The zero-order valence-electron chi connectivity index (χ0n) is 14.4. The molecule has 3 aliphatic rings. The molecule has 25 heavy (non-hydrogen) atoms. The molecule has 0 N–H and O–H groups in total. The normalized spacial score (nSPS) is 24.4. The second kappa shape index (κ2) is 7.22. The summed E-state index contributed by atoms with van der Waals surface area (Å²) < 4.78 is 27.5. The lowest BCUT2D eigenvalue weighted by molar-refractivity contribution is 0.123. The van der Waals surface area contributed by atoms with Crippen LogP contribution in [0.2, 0.25) is 0 Å². The van der Waals surface area contributed by atoms with Gasteiger partial charge in [-0.3, -0.25) is 9.80 Å². The summed E-state index contributed by atoms with van der Waals surface area (Å²) in [5.74, 6) is -0.833. The second-order valence-corrected chi connectivity index (χ2v) is 7.42. The summed E-state index contributed by atoms with van der Waals surface area (Å²) in [4.78, 5) is 4.89. The summed E-state index contributed by atoms with van der Waals surface area (Å²) in [5, 5.41) is 0. The fourth-order valence-electron chi connectivity index (χ4n) is 4.33. The first-order chi connectivity index (χ1) is 12.2. The summed E-state index contributed by atoms with van der Waals surface area (Å²) in [5.41, 5.74) is 1.81. The Morgan fingerprint density at radius 3 is 2.52 bits per heavy atom. The zero-order chi connectivity index (χ0) is 17.2. The van der Waals surface area contributed by atoms with Gasteiger partial charge >= 0.3 is 0 Å². The summed E-state index contributed by atoms with van der Waals surface area (Å²) >= 11 is 0. The lowest BCUT2D eigenvalue weighted by atomic mass is 9.94. The molecule has 3 aliphatic heterocycles. The van der Waals surface area contributed by atoms with Gasteiger partial charge in [0, 0.05) is 44.3 Å². The summed E-state index contributed by atoms with van der Waals surface area (Å²) in [6.07, 6.45) is 2.43. The molecular formula is C21H24F2N2. The minimum absolute atomic E-state index is 0.468. The SMILES string of the molecule is Fc1cccc(CN2C[C@H]3CC[C@@H](C2)N(Cc2ccccc2)C3)c1F. The van der Waals surface area contributed by atoms with Gasteiger partial charge in [-0.2, -0.15) is 0 Å². The topological polar surface area (TPSA) is 6.48 Å². The second-order valence-electron chi connectivity index (χ2n) is 7.42. The van der Waals surface area contributed by atoms with Crippen molar-refractivity contribution in [2.75, 3.05) is 19.6 Å². The van der Waals surface area contributed by atoms with Crippen LogP contribution in [-0.2, 0) is 13.1 Å². The largest absolute Gasteiger partial charge is 0.297 e. The van der Waals surface area contributed by atoms with Gasteiger partial charge in [0.25, 0.3) is 0 Å². The predicted molar refractivity (Wildman–Crippen MR) is 95.0 cm³/mol. The Bertz CT molecular complexity index is 719. The maximum atomic E-state index is 14.0. The predicted octanol–water partition coefficient (Wildman–Crippen LogP) is 4.06. The number of hydrogen-bond donors (Lipinski definition) is 0. The Morgan fingerprint density at radius 1 is 0.840 bits per heavy atom. The van der Waals surface area contributed by atoms with E-state index in [0.717, 1.165) is 26.2 Å². The van der Waals surface area contributed by atoms with E-state index in [9.17, 15) is 8.78 Å². The molecule has 3 fully saturated rings. The van der Waals surface area contributed by atoms with Crippen LogP contribution in [0.4, 0.5) is 8.78 Å². The van der Waals surface area contributed by atoms with Gasteiger partial charge in [-0.15, -0.1) is 0 Å². The van der Waals surface area contributed by atoms with Crippen molar-refractivity contribution in [3.05, 3.63) is 71.3 Å². The van der Waals surface area contributed by atoms with Crippen molar-refractivity contribution in [1.29, 1.82) is 0 Å². The highest BCUT2D eigenvalue weighted by atomic mass is 19.2. The fourth-order valence-corrected chi connectivity index (χ4v) is 4.33. The third-order valence-corrected chi connectivity index (χ3v) is 5.56. The number of piperidine rings is 1. The monoisotopic (exact) mass is 342 g/mol. The van der Waals surface area contributed by atoms with E-state index in [2.05, 4.69) is 34.1 Å². The van der Waals surface area contributed by atoms with Gasteiger partial charge in [0.1, 0.15) is 0 Å². The Hall–Kier alpha value is -1.78. The Balaban J connectivity index is 1.46. The number of nitrogens with zero attached hydrogens (tertiary/aromatic N) is 2. The highest BCUT2D eigenvalue weighted by Crippen LogP contribution is 2.30. The van der Waals surface area contributed by atoms with Gasteiger partial charge in [0.2, 0.25) is 0 Å². The van der Waals surface area contributed by atoms with Crippen LogP contribution in [0.5, 0.6) is 0 Å². The van der Waals surface area contributed by atoms with Gasteiger partial charge in [-0.25, -0.2) is 8.78 Å². The summed E-state index contributed by atoms with van der Waals surface area (Å²) in [7, 11) is 0. The van der Waals surface area contributed by atoms with E-state index in [4.69, 9.17) is 0 Å². The van der Waals surface area contributed by atoms with Gasteiger partial charge in [-0.05, 0) is 30.4 Å². The van der Waals surface area contributed by atoms with Gasteiger partial charge < -0.3 is 0 Å². The van der Waals surface area contributed by atoms with Crippen LogP contribution < -0.4 is 0 Å². The average Bonchev–Trinajstić information content (AvgIpc) is 2.90. The highest BCUT2D eigenvalue weighted by molar-refractivity contribution is 5.19. The van der Waals surface area contributed by atoms with Crippen molar-refractivity contribution >= 4 is 0 Å². The van der Waals surface area contributed by atoms with E-state index in [1.807, 2.05) is 6.07 Å². The molecule has 2 bridgehead atoms. The molecule has 0 aliphatic carbocycles. The molecule has 5 rings (SSSR count). The van der Waals surface area contributed by atoms with Crippen molar-refractivity contribution in [1.82, 2.24) is 9.80 Å². The molecule has 3 saturated heterocycles. The molecule has 2 nitrogen and oxygen atoms in total. The first kappa shape index (κ1) is 16.7. The standard InChI is InChI=1S/C21H24F2N2/c22-20-8-4-7-18(21(20)23)14-24-11-17-9-10-19(15-24)25(13-17)12-16-5-2-1-3-6-16/h1-8,17,19H,9-15H2/t17-,19+/m1/s1.